The Labute approximate surface area is 170 Å². The van der Waals surface area contributed by atoms with Gasteiger partial charge in [-0.3, -0.25) is 0 Å². The van der Waals surface area contributed by atoms with Crippen LogP contribution in [-0.4, -0.2) is 26.2 Å². The highest BCUT2D eigenvalue weighted by molar-refractivity contribution is 6.00. The summed E-state index contributed by atoms with van der Waals surface area (Å²) in [6.45, 7) is 0. The summed E-state index contributed by atoms with van der Waals surface area (Å²) < 4.78 is 9.87. The highest BCUT2D eigenvalue weighted by Crippen LogP contribution is 2.22. The van der Waals surface area contributed by atoms with Crippen molar-refractivity contribution in [1.82, 2.24) is 0 Å². The molecule has 4 nitrogen and oxygen atoms in total. The number of esters is 2. The molecule has 0 amide bonds. The van der Waals surface area contributed by atoms with Crippen LogP contribution in [0.25, 0.3) is 22.9 Å². The first-order valence-corrected chi connectivity index (χ1v) is 9.22. The lowest BCUT2D eigenvalue weighted by Gasteiger charge is -2.09. The van der Waals surface area contributed by atoms with Crippen molar-refractivity contribution in [3.8, 4) is 0 Å². The topological polar surface area (TPSA) is 52.6 Å². The van der Waals surface area contributed by atoms with Crippen molar-refractivity contribution < 1.29 is 19.1 Å². The Morgan fingerprint density at radius 1 is 0.690 bits per heavy atom. The Morgan fingerprint density at radius 3 is 1.86 bits per heavy atom. The van der Waals surface area contributed by atoms with E-state index in [-0.39, 0.29) is 6.42 Å². The highest BCUT2D eigenvalue weighted by atomic mass is 16.5. The molecule has 0 spiro atoms. The summed E-state index contributed by atoms with van der Waals surface area (Å²) in [4.78, 5) is 24.7. The summed E-state index contributed by atoms with van der Waals surface area (Å²) in [5.74, 6) is -0.969. The van der Waals surface area contributed by atoms with Crippen LogP contribution in [0.3, 0.4) is 0 Å². The van der Waals surface area contributed by atoms with E-state index in [1.807, 2.05) is 72.8 Å². The zero-order valence-corrected chi connectivity index (χ0v) is 16.4. The van der Waals surface area contributed by atoms with Crippen molar-refractivity contribution in [2.45, 2.75) is 6.42 Å². The Kier molecular flexibility index (Phi) is 6.59. The van der Waals surface area contributed by atoms with E-state index in [1.165, 1.54) is 14.2 Å². The Balaban J connectivity index is 2.00. The van der Waals surface area contributed by atoms with E-state index in [0.29, 0.717) is 11.1 Å². The SMILES string of the molecule is COC(=O)/C(=C\c1ccccc1)C/C(=C\c1ccc2ccccc2c1)C(=O)OC. The van der Waals surface area contributed by atoms with Crippen LogP contribution in [0.15, 0.2) is 83.9 Å². The van der Waals surface area contributed by atoms with Gasteiger partial charge in [0.25, 0.3) is 0 Å². The summed E-state index contributed by atoms with van der Waals surface area (Å²) >= 11 is 0. The van der Waals surface area contributed by atoms with Crippen molar-refractivity contribution >= 4 is 34.9 Å². The molecule has 0 atom stereocenters. The van der Waals surface area contributed by atoms with E-state index < -0.39 is 11.9 Å². The maximum Gasteiger partial charge on any atom is 0.334 e. The van der Waals surface area contributed by atoms with Gasteiger partial charge in [0.1, 0.15) is 0 Å². The molecule has 4 heteroatoms. The number of fused-ring (bicyclic) bond motifs is 1. The molecule has 0 saturated heterocycles. The second-order valence-corrected chi connectivity index (χ2v) is 6.52. The molecule has 0 fully saturated rings. The molecule has 0 aliphatic carbocycles. The molecule has 146 valence electrons. The molecule has 0 N–H and O–H groups in total. The van der Waals surface area contributed by atoms with Crippen LogP contribution in [-0.2, 0) is 19.1 Å². The molecule has 3 rings (SSSR count). The number of benzene rings is 3. The Hall–Kier alpha value is -3.66. The largest absolute Gasteiger partial charge is 0.466 e. The third kappa shape index (κ3) is 5.20. The molecule has 3 aromatic rings. The molecule has 29 heavy (non-hydrogen) atoms. The molecule has 0 unspecified atom stereocenters. The number of methoxy groups -OCH3 is 2. The fraction of sp³-hybridized carbons (Fsp3) is 0.120. The van der Waals surface area contributed by atoms with Gasteiger partial charge in [-0.05, 0) is 40.1 Å². The lowest BCUT2D eigenvalue weighted by Crippen LogP contribution is -2.11. The molecular weight excluding hydrogens is 364 g/mol. The van der Waals surface area contributed by atoms with Gasteiger partial charge in [0.2, 0.25) is 0 Å². The van der Waals surface area contributed by atoms with E-state index in [1.54, 1.807) is 12.2 Å². The van der Waals surface area contributed by atoms with Crippen molar-refractivity contribution in [2.75, 3.05) is 14.2 Å². The third-order valence-corrected chi connectivity index (χ3v) is 4.53. The normalized spacial score (nSPS) is 11.9. The number of carbonyl (C=O) groups is 2. The molecule has 0 aromatic heterocycles. The number of hydrogen-bond acceptors (Lipinski definition) is 4. The van der Waals surface area contributed by atoms with Gasteiger partial charge in [0, 0.05) is 17.6 Å². The molecule has 3 aromatic carbocycles. The molecule has 0 aliphatic heterocycles. The number of hydrogen-bond donors (Lipinski definition) is 0. The smallest absolute Gasteiger partial charge is 0.334 e. The maximum absolute atomic E-state index is 12.4. The zero-order valence-electron chi connectivity index (χ0n) is 16.4. The number of rotatable bonds is 6. The van der Waals surface area contributed by atoms with Gasteiger partial charge in [-0.2, -0.15) is 0 Å². The minimum absolute atomic E-state index is 0.0983. The van der Waals surface area contributed by atoms with Gasteiger partial charge >= 0.3 is 11.9 Å². The van der Waals surface area contributed by atoms with Crippen LogP contribution in [0.4, 0.5) is 0 Å². The van der Waals surface area contributed by atoms with Crippen molar-refractivity contribution in [2.24, 2.45) is 0 Å². The summed E-state index contributed by atoms with van der Waals surface area (Å²) in [6.07, 6.45) is 3.57. The molecule has 0 saturated carbocycles. The Morgan fingerprint density at radius 2 is 1.24 bits per heavy atom. The highest BCUT2D eigenvalue weighted by Gasteiger charge is 2.18. The van der Waals surface area contributed by atoms with Gasteiger partial charge in [0.05, 0.1) is 14.2 Å². The molecule has 0 bridgehead atoms. The summed E-state index contributed by atoms with van der Waals surface area (Å²) in [7, 11) is 2.65. The van der Waals surface area contributed by atoms with E-state index >= 15 is 0 Å². The van der Waals surface area contributed by atoms with Gasteiger partial charge < -0.3 is 9.47 Å². The quantitative estimate of drug-likeness (QED) is 0.440. The number of carbonyl (C=O) groups excluding carboxylic acids is 2. The molecule has 0 heterocycles. The minimum Gasteiger partial charge on any atom is -0.466 e. The van der Waals surface area contributed by atoms with E-state index in [4.69, 9.17) is 9.47 Å². The van der Waals surface area contributed by atoms with Gasteiger partial charge in [-0.15, -0.1) is 0 Å². The van der Waals surface area contributed by atoms with E-state index in [9.17, 15) is 9.59 Å². The predicted octanol–water partition coefficient (Wildman–Crippen LogP) is 5.04. The molecular formula is C25H22O4. The first kappa shape index (κ1) is 20.1. The van der Waals surface area contributed by atoms with Crippen LogP contribution in [0.1, 0.15) is 17.5 Å². The van der Waals surface area contributed by atoms with Crippen molar-refractivity contribution in [3.05, 3.63) is 95.1 Å². The van der Waals surface area contributed by atoms with Crippen LogP contribution >= 0.6 is 0 Å². The van der Waals surface area contributed by atoms with Crippen molar-refractivity contribution in [1.29, 1.82) is 0 Å². The van der Waals surface area contributed by atoms with Gasteiger partial charge in [-0.25, -0.2) is 9.59 Å². The lowest BCUT2D eigenvalue weighted by atomic mass is 9.99. The average Bonchev–Trinajstić information content (AvgIpc) is 2.77. The molecule has 0 radical (unpaired) electrons. The second-order valence-electron chi connectivity index (χ2n) is 6.52. The fourth-order valence-corrected chi connectivity index (χ4v) is 3.08. The second kappa shape index (κ2) is 9.51. The first-order chi connectivity index (χ1) is 14.1. The standard InChI is InChI=1S/C25H22O4/c1-28-24(26)22(14-18-8-4-3-5-9-18)17-23(25(27)29-2)16-19-12-13-20-10-6-7-11-21(20)15-19/h3-16H,17H2,1-2H3/b22-14-,23-16+. The summed E-state index contributed by atoms with van der Waals surface area (Å²) in [5.41, 5.74) is 2.45. The van der Waals surface area contributed by atoms with Crippen LogP contribution in [0.5, 0.6) is 0 Å². The van der Waals surface area contributed by atoms with Crippen molar-refractivity contribution in [3.63, 3.8) is 0 Å². The fourth-order valence-electron chi connectivity index (χ4n) is 3.08. The first-order valence-electron chi connectivity index (χ1n) is 9.22. The summed E-state index contributed by atoms with van der Waals surface area (Å²) in [6, 6.07) is 23.3. The maximum atomic E-state index is 12.4. The average molecular weight is 386 g/mol. The van der Waals surface area contributed by atoms with E-state index in [2.05, 4.69) is 0 Å². The third-order valence-electron chi connectivity index (χ3n) is 4.53. The number of ether oxygens (including phenoxy) is 2. The van der Waals surface area contributed by atoms with Gasteiger partial charge in [-0.1, -0.05) is 66.7 Å². The van der Waals surface area contributed by atoms with Crippen LogP contribution in [0.2, 0.25) is 0 Å². The van der Waals surface area contributed by atoms with Gasteiger partial charge in [0.15, 0.2) is 0 Å². The van der Waals surface area contributed by atoms with Crippen LogP contribution in [0, 0.1) is 0 Å². The van der Waals surface area contributed by atoms with E-state index in [0.717, 1.165) is 21.9 Å². The Bertz CT molecular complexity index is 1080. The monoisotopic (exact) mass is 386 g/mol. The predicted molar refractivity (Wildman–Crippen MR) is 115 cm³/mol. The molecule has 0 aliphatic rings. The summed E-state index contributed by atoms with van der Waals surface area (Å²) in [5, 5.41) is 2.18. The van der Waals surface area contributed by atoms with Crippen LogP contribution < -0.4 is 0 Å². The lowest BCUT2D eigenvalue weighted by molar-refractivity contribution is -0.136. The zero-order chi connectivity index (χ0) is 20.6. The minimum atomic E-state index is -0.485.